The van der Waals surface area contributed by atoms with Crippen LogP contribution in [0.4, 0.5) is 11.8 Å². The van der Waals surface area contributed by atoms with E-state index in [4.69, 9.17) is 23.8 Å². The van der Waals surface area contributed by atoms with Crippen molar-refractivity contribution in [2.24, 2.45) is 5.92 Å². The first-order valence-electron chi connectivity index (χ1n) is 8.90. The average Bonchev–Trinajstić information content (AvgIpc) is 2.60. The van der Waals surface area contributed by atoms with Crippen molar-refractivity contribution in [3.05, 3.63) is 46.6 Å². The largest absolute Gasteiger partial charge is 0.358 e. The number of thiocarbonyl (C=S) groups is 1. The van der Waals surface area contributed by atoms with Gasteiger partial charge in [-0.15, -0.1) is 0 Å². The van der Waals surface area contributed by atoms with Gasteiger partial charge < -0.3 is 15.5 Å². The number of nitrogens with one attached hydrogen (secondary N) is 2. The van der Waals surface area contributed by atoms with Gasteiger partial charge in [-0.25, -0.2) is 4.98 Å². The summed E-state index contributed by atoms with van der Waals surface area (Å²) in [5.41, 5.74) is 1.91. The lowest BCUT2D eigenvalue weighted by Crippen LogP contribution is -2.35. The van der Waals surface area contributed by atoms with Gasteiger partial charge in [0.15, 0.2) is 5.11 Å². The fourth-order valence-electron chi connectivity index (χ4n) is 3.13. The van der Waals surface area contributed by atoms with Gasteiger partial charge in [0.05, 0.1) is 0 Å². The van der Waals surface area contributed by atoms with E-state index in [1.54, 1.807) is 0 Å². The van der Waals surface area contributed by atoms with Crippen LogP contribution < -0.4 is 15.5 Å². The minimum absolute atomic E-state index is 0.480. The number of anilines is 2. The number of hydrogen-bond acceptors (Lipinski definition) is 4. The highest BCUT2D eigenvalue weighted by Crippen LogP contribution is 2.22. The van der Waals surface area contributed by atoms with Crippen molar-refractivity contribution in [1.29, 1.82) is 0 Å². The number of piperidine rings is 1. The lowest BCUT2D eigenvalue weighted by atomic mass is 10.0. The van der Waals surface area contributed by atoms with Gasteiger partial charge >= 0.3 is 0 Å². The molecule has 0 bridgehead atoms. The van der Waals surface area contributed by atoms with Crippen LogP contribution in [-0.4, -0.2) is 28.2 Å². The van der Waals surface area contributed by atoms with Gasteiger partial charge in [-0.05, 0) is 49.5 Å². The quantitative estimate of drug-likeness (QED) is 0.766. The van der Waals surface area contributed by atoms with E-state index in [9.17, 15) is 0 Å². The van der Waals surface area contributed by atoms with Crippen LogP contribution in [0.25, 0.3) is 0 Å². The molecule has 0 aliphatic carbocycles. The van der Waals surface area contributed by atoms with Gasteiger partial charge in [0.25, 0.3) is 0 Å². The zero-order valence-electron chi connectivity index (χ0n) is 15.1. The Hall–Kier alpha value is -1.92. The highest BCUT2D eigenvalue weighted by molar-refractivity contribution is 7.80. The second kappa shape index (κ2) is 8.64. The maximum absolute atomic E-state index is 6.17. The van der Waals surface area contributed by atoms with E-state index in [0.29, 0.717) is 23.5 Å². The number of hydrogen-bond donors (Lipinski definition) is 2. The number of aryl methyl sites for hydroxylation is 1. The van der Waals surface area contributed by atoms with Crippen molar-refractivity contribution in [2.75, 3.05) is 23.3 Å². The normalized spacial score (nSPS) is 17.0. The molecule has 0 radical (unpaired) electrons. The molecule has 7 heteroatoms. The molecule has 0 spiro atoms. The van der Waals surface area contributed by atoms with Crippen molar-refractivity contribution in [1.82, 2.24) is 15.3 Å². The fourth-order valence-corrected chi connectivity index (χ4v) is 3.50. The first kappa shape index (κ1) is 18.9. The minimum atomic E-state index is 0.480. The van der Waals surface area contributed by atoms with Crippen LogP contribution >= 0.6 is 23.8 Å². The third-order valence-corrected chi connectivity index (χ3v) is 5.06. The summed E-state index contributed by atoms with van der Waals surface area (Å²) in [6.45, 7) is 6.88. The Labute approximate surface area is 165 Å². The topological polar surface area (TPSA) is 53.1 Å². The summed E-state index contributed by atoms with van der Waals surface area (Å²) in [7, 11) is 0. The lowest BCUT2D eigenvalue weighted by molar-refractivity contribution is 0.444. The first-order chi connectivity index (χ1) is 12.5. The summed E-state index contributed by atoms with van der Waals surface area (Å²) < 4.78 is 0. The van der Waals surface area contributed by atoms with Crippen LogP contribution in [0.3, 0.4) is 0 Å². The Balaban J connectivity index is 1.63. The van der Waals surface area contributed by atoms with Crippen molar-refractivity contribution in [2.45, 2.75) is 33.2 Å². The minimum Gasteiger partial charge on any atom is -0.358 e. The van der Waals surface area contributed by atoms with Gasteiger partial charge in [-0.2, -0.15) is 4.98 Å². The van der Waals surface area contributed by atoms with Gasteiger partial charge in [-0.3, -0.25) is 0 Å². The van der Waals surface area contributed by atoms with Gasteiger partial charge in [-0.1, -0.05) is 36.7 Å². The molecule has 1 aromatic heterocycles. The van der Waals surface area contributed by atoms with Gasteiger partial charge in [0.2, 0.25) is 5.95 Å². The smallest absolute Gasteiger partial charge is 0.231 e. The molecule has 5 nitrogen and oxygen atoms in total. The molecule has 1 aliphatic rings. The summed E-state index contributed by atoms with van der Waals surface area (Å²) in [5, 5.41) is 7.45. The van der Waals surface area contributed by atoms with E-state index in [0.717, 1.165) is 35.2 Å². The number of aromatic nitrogens is 2. The number of halogens is 1. The van der Waals surface area contributed by atoms with Gasteiger partial charge in [0, 0.05) is 36.4 Å². The molecular formula is C19H24ClN5S. The van der Waals surface area contributed by atoms with Crippen LogP contribution in [0.15, 0.2) is 30.3 Å². The highest BCUT2D eigenvalue weighted by Gasteiger charge is 2.18. The SMILES string of the molecule is Cc1cc(N2CCCC(C)C2)nc(NC(=S)NCc2ccccc2Cl)n1. The molecule has 1 aromatic carbocycles. The molecule has 1 fully saturated rings. The highest BCUT2D eigenvalue weighted by atomic mass is 35.5. The van der Waals surface area contributed by atoms with Gasteiger partial charge in [0.1, 0.15) is 5.82 Å². The zero-order chi connectivity index (χ0) is 18.5. The van der Waals surface area contributed by atoms with Crippen LogP contribution in [0.5, 0.6) is 0 Å². The molecule has 1 aliphatic heterocycles. The predicted molar refractivity (Wildman–Crippen MR) is 112 cm³/mol. The van der Waals surface area contributed by atoms with Crippen LogP contribution in [-0.2, 0) is 6.54 Å². The maximum atomic E-state index is 6.17. The van der Waals surface area contributed by atoms with E-state index >= 15 is 0 Å². The van der Waals surface area contributed by atoms with Crippen LogP contribution in [0.2, 0.25) is 5.02 Å². The zero-order valence-corrected chi connectivity index (χ0v) is 16.7. The molecule has 2 aromatic rings. The van der Waals surface area contributed by atoms with E-state index in [2.05, 4.69) is 32.4 Å². The Morgan fingerprint density at radius 2 is 2.15 bits per heavy atom. The van der Waals surface area contributed by atoms with E-state index in [1.165, 1.54) is 12.8 Å². The first-order valence-corrected chi connectivity index (χ1v) is 9.69. The van der Waals surface area contributed by atoms with Crippen molar-refractivity contribution in [3.63, 3.8) is 0 Å². The van der Waals surface area contributed by atoms with Crippen molar-refractivity contribution < 1.29 is 0 Å². The molecule has 1 atom stereocenters. The third kappa shape index (κ3) is 5.05. The monoisotopic (exact) mass is 389 g/mol. The number of benzene rings is 1. The molecule has 1 unspecified atom stereocenters. The Morgan fingerprint density at radius 1 is 1.35 bits per heavy atom. The Morgan fingerprint density at radius 3 is 2.92 bits per heavy atom. The lowest BCUT2D eigenvalue weighted by Gasteiger charge is -2.32. The maximum Gasteiger partial charge on any atom is 0.231 e. The number of nitrogens with zero attached hydrogens (tertiary/aromatic N) is 3. The summed E-state index contributed by atoms with van der Waals surface area (Å²) in [4.78, 5) is 11.4. The Kier molecular flexibility index (Phi) is 6.27. The average molecular weight is 390 g/mol. The van der Waals surface area contributed by atoms with E-state index in [1.807, 2.05) is 37.3 Å². The third-order valence-electron chi connectivity index (χ3n) is 4.44. The van der Waals surface area contributed by atoms with E-state index < -0.39 is 0 Å². The molecule has 3 rings (SSSR count). The van der Waals surface area contributed by atoms with Crippen molar-refractivity contribution >= 4 is 40.7 Å². The summed E-state index contributed by atoms with van der Waals surface area (Å²) in [6, 6.07) is 9.73. The second-order valence-electron chi connectivity index (χ2n) is 6.78. The molecule has 138 valence electrons. The molecule has 1 saturated heterocycles. The second-order valence-corrected chi connectivity index (χ2v) is 7.60. The van der Waals surface area contributed by atoms with Crippen LogP contribution in [0, 0.1) is 12.8 Å². The molecule has 26 heavy (non-hydrogen) atoms. The summed E-state index contributed by atoms with van der Waals surface area (Å²) in [6.07, 6.45) is 2.48. The van der Waals surface area contributed by atoms with Crippen LogP contribution in [0.1, 0.15) is 31.0 Å². The molecule has 0 saturated carbocycles. The van der Waals surface area contributed by atoms with Crippen molar-refractivity contribution in [3.8, 4) is 0 Å². The summed E-state index contributed by atoms with van der Waals surface area (Å²) in [5.74, 6) is 2.17. The Bertz CT molecular complexity index is 782. The standard InChI is InChI=1S/C19H24ClN5S/c1-13-6-5-9-25(12-13)17-10-14(2)22-18(23-17)24-19(26)21-11-15-7-3-4-8-16(15)20/h3-4,7-8,10,13H,5-6,9,11-12H2,1-2H3,(H2,21,22,23,24,26). The molecule has 0 amide bonds. The summed E-state index contributed by atoms with van der Waals surface area (Å²) >= 11 is 11.6. The molecule has 2 heterocycles. The number of rotatable bonds is 4. The molecular weight excluding hydrogens is 366 g/mol. The molecule has 2 N–H and O–H groups in total. The predicted octanol–water partition coefficient (Wildman–Crippen LogP) is 4.16. The fraction of sp³-hybridized carbons (Fsp3) is 0.421. The van der Waals surface area contributed by atoms with E-state index in [-0.39, 0.29) is 0 Å².